The third kappa shape index (κ3) is 9.50. The van der Waals surface area contributed by atoms with Crippen molar-refractivity contribution >= 4 is 64.2 Å². The normalized spacial score (nSPS) is 11.0. The Morgan fingerprint density at radius 3 is 2.25 bits per heavy atom. The van der Waals surface area contributed by atoms with E-state index in [1.807, 2.05) is 12.1 Å². The second kappa shape index (κ2) is 14.0. The van der Waals surface area contributed by atoms with Crippen molar-refractivity contribution in [2.75, 3.05) is 19.4 Å². The minimum absolute atomic E-state index is 0. The zero-order chi connectivity index (χ0) is 26.1. The molecule has 1 atom stereocenters. The maximum Gasteiger partial charge on any atom is 0.264 e. The quantitative estimate of drug-likeness (QED) is 0.204. The Bertz CT molecular complexity index is 1110. The van der Waals surface area contributed by atoms with Gasteiger partial charge in [-0.25, -0.2) is 9.98 Å². The Labute approximate surface area is 219 Å². The van der Waals surface area contributed by atoms with Gasteiger partial charge in [0.25, 0.3) is 5.91 Å². The van der Waals surface area contributed by atoms with Crippen molar-refractivity contribution in [3.8, 4) is 0 Å². The van der Waals surface area contributed by atoms with Crippen LogP contribution in [0.2, 0.25) is 0 Å². The molecule has 4 amide bonds. The fourth-order valence-corrected chi connectivity index (χ4v) is 4.01. The maximum atomic E-state index is 13.0. The van der Waals surface area contributed by atoms with Gasteiger partial charge in [0, 0.05) is 27.4 Å². The van der Waals surface area contributed by atoms with E-state index in [0.29, 0.717) is 24.2 Å². The number of aryl methyl sites for hydroxylation is 2. The summed E-state index contributed by atoms with van der Waals surface area (Å²) >= 11 is 0.995. The van der Waals surface area contributed by atoms with Crippen LogP contribution in [0.3, 0.4) is 0 Å². The van der Waals surface area contributed by atoms with Crippen LogP contribution in [0.1, 0.15) is 40.7 Å². The highest BCUT2D eigenvalue weighted by Gasteiger charge is 2.24. The third-order valence-corrected chi connectivity index (χ3v) is 5.84. The summed E-state index contributed by atoms with van der Waals surface area (Å²) in [6, 6.07) is 6.20. The molecule has 0 saturated carbocycles. The number of nitrogens with two attached hydrogens (primary N) is 3. The van der Waals surface area contributed by atoms with Gasteiger partial charge in [0.15, 0.2) is 11.1 Å². The summed E-state index contributed by atoms with van der Waals surface area (Å²) < 4.78 is 0. The van der Waals surface area contributed by atoms with Gasteiger partial charge in [-0.05, 0) is 37.0 Å². The number of carbonyl (C=O) groups excluding carboxylic acids is 4. The minimum Gasteiger partial charge on any atom is -0.370 e. The molecule has 2 aromatic rings. The predicted octanol–water partition coefficient (Wildman–Crippen LogP) is 0.666. The van der Waals surface area contributed by atoms with Crippen molar-refractivity contribution in [1.29, 1.82) is 0 Å². The molecule has 1 aromatic heterocycles. The summed E-state index contributed by atoms with van der Waals surface area (Å²) in [7, 11) is 3.20. The third-order valence-electron chi connectivity index (χ3n) is 4.83. The molecular weight excluding hydrogens is 508 g/mol. The van der Waals surface area contributed by atoms with Gasteiger partial charge in [-0.1, -0.05) is 23.5 Å². The molecule has 0 radical (unpaired) electrons. The number of amides is 4. The van der Waals surface area contributed by atoms with E-state index in [9.17, 15) is 19.2 Å². The molecule has 0 spiro atoms. The van der Waals surface area contributed by atoms with Crippen LogP contribution >= 0.6 is 23.7 Å². The molecule has 0 unspecified atom stereocenters. The Hall–Kier alpha value is -3.71. The zero-order valence-corrected chi connectivity index (χ0v) is 21.9. The zero-order valence-electron chi connectivity index (χ0n) is 20.2. The first-order valence-electron chi connectivity index (χ1n) is 10.7. The van der Waals surface area contributed by atoms with E-state index < -0.39 is 17.9 Å². The molecule has 14 heteroatoms. The Balaban J connectivity index is 0.00000648. The van der Waals surface area contributed by atoms with Gasteiger partial charge >= 0.3 is 0 Å². The molecule has 0 bridgehead atoms. The molecular formula is C22H31ClN8O4S. The van der Waals surface area contributed by atoms with Crippen LogP contribution in [0.5, 0.6) is 0 Å². The molecule has 36 heavy (non-hydrogen) atoms. The van der Waals surface area contributed by atoms with Crippen LogP contribution in [0.25, 0.3) is 0 Å². The number of carbonyl (C=O) groups is 4. The molecule has 0 aliphatic carbocycles. The lowest BCUT2D eigenvalue weighted by Crippen LogP contribution is -2.45. The maximum absolute atomic E-state index is 13.0. The molecule has 196 valence electrons. The number of benzene rings is 1. The first-order valence-corrected chi connectivity index (χ1v) is 11.5. The van der Waals surface area contributed by atoms with E-state index in [-0.39, 0.29) is 53.0 Å². The molecule has 0 aliphatic heterocycles. The van der Waals surface area contributed by atoms with Crippen molar-refractivity contribution in [2.45, 2.75) is 38.6 Å². The number of primary amides is 1. The van der Waals surface area contributed by atoms with Gasteiger partial charge in [0.2, 0.25) is 17.7 Å². The van der Waals surface area contributed by atoms with Gasteiger partial charge in [-0.3, -0.25) is 19.2 Å². The average molecular weight is 539 g/mol. The minimum atomic E-state index is -1.03. The summed E-state index contributed by atoms with van der Waals surface area (Å²) in [5.74, 6) is -1.87. The Kier molecular flexibility index (Phi) is 11.8. The van der Waals surface area contributed by atoms with Crippen LogP contribution in [-0.2, 0) is 27.2 Å². The second-order valence-corrected chi connectivity index (χ2v) is 8.93. The lowest BCUT2D eigenvalue weighted by atomic mass is 10.1. The van der Waals surface area contributed by atoms with Crippen molar-refractivity contribution in [3.63, 3.8) is 0 Å². The summed E-state index contributed by atoms with van der Waals surface area (Å²) in [5, 5.41) is 5.44. The molecule has 2 rings (SSSR count). The van der Waals surface area contributed by atoms with E-state index in [0.717, 1.165) is 16.9 Å². The van der Waals surface area contributed by atoms with E-state index in [1.54, 1.807) is 26.2 Å². The average Bonchev–Trinajstić information content (AvgIpc) is 3.17. The standard InChI is InChI=1S/C22H30N8O4S.ClH/c1-12(31)26-22-29-15(9-6-13-4-7-14(8-5-13)27-21(24)25)18(35-22)20(34)28-16(19(23)33)10-11-17(32)30(2)3;/h4-5,7-8,16H,6,9-11H2,1-3H3,(H2,23,33)(H,28,34)(H4,24,25,27)(H,26,29,31);1H/t16-;/m0./s1. The van der Waals surface area contributed by atoms with Gasteiger partial charge in [-0.2, -0.15) is 0 Å². The van der Waals surface area contributed by atoms with E-state index in [1.165, 1.54) is 11.8 Å². The Morgan fingerprint density at radius 1 is 1.08 bits per heavy atom. The first kappa shape index (κ1) is 30.3. The van der Waals surface area contributed by atoms with E-state index in [4.69, 9.17) is 17.2 Å². The highest BCUT2D eigenvalue weighted by molar-refractivity contribution is 7.17. The number of nitrogens with zero attached hydrogens (tertiary/aromatic N) is 3. The number of aromatic nitrogens is 1. The summed E-state index contributed by atoms with van der Waals surface area (Å²) in [6.45, 7) is 1.34. The topological polar surface area (TPSA) is 199 Å². The number of rotatable bonds is 11. The molecule has 0 fully saturated rings. The van der Waals surface area contributed by atoms with Gasteiger partial charge < -0.3 is 32.7 Å². The number of hydrogen-bond acceptors (Lipinski definition) is 7. The fourth-order valence-electron chi connectivity index (χ4n) is 3.05. The Morgan fingerprint density at radius 2 is 1.72 bits per heavy atom. The second-order valence-electron chi connectivity index (χ2n) is 7.93. The predicted molar refractivity (Wildman–Crippen MR) is 141 cm³/mol. The van der Waals surface area contributed by atoms with Gasteiger partial charge in [-0.15, -0.1) is 12.4 Å². The molecule has 1 heterocycles. The lowest BCUT2D eigenvalue weighted by molar-refractivity contribution is -0.129. The first-order chi connectivity index (χ1) is 16.5. The summed E-state index contributed by atoms with van der Waals surface area (Å²) in [6.07, 6.45) is 1.04. The van der Waals surface area contributed by atoms with E-state index in [2.05, 4.69) is 20.6 Å². The smallest absolute Gasteiger partial charge is 0.264 e. The number of aliphatic imine (C=N–C) groups is 1. The number of guanidine groups is 1. The lowest BCUT2D eigenvalue weighted by Gasteiger charge is -2.16. The molecule has 0 saturated heterocycles. The van der Waals surface area contributed by atoms with E-state index >= 15 is 0 Å². The van der Waals surface area contributed by atoms with Gasteiger partial charge in [0.05, 0.1) is 11.4 Å². The fraction of sp³-hybridized carbons (Fsp3) is 0.364. The number of thiazole rings is 1. The molecule has 0 aliphatic rings. The largest absolute Gasteiger partial charge is 0.370 e. The monoisotopic (exact) mass is 538 g/mol. The number of halogens is 1. The molecule has 12 nitrogen and oxygen atoms in total. The number of nitrogens with one attached hydrogen (secondary N) is 2. The van der Waals surface area contributed by atoms with Gasteiger partial charge in [0.1, 0.15) is 10.9 Å². The van der Waals surface area contributed by atoms with Crippen molar-refractivity contribution in [1.82, 2.24) is 15.2 Å². The van der Waals surface area contributed by atoms with Crippen LogP contribution in [0, 0.1) is 0 Å². The van der Waals surface area contributed by atoms with Crippen LogP contribution < -0.4 is 27.8 Å². The van der Waals surface area contributed by atoms with Crippen molar-refractivity contribution in [3.05, 3.63) is 40.4 Å². The highest BCUT2D eigenvalue weighted by atomic mass is 35.5. The van der Waals surface area contributed by atoms with Crippen LogP contribution in [0.4, 0.5) is 10.8 Å². The van der Waals surface area contributed by atoms with Crippen molar-refractivity contribution in [2.24, 2.45) is 22.2 Å². The number of hydrogen-bond donors (Lipinski definition) is 5. The van der Waals surface area contributed by atoms with Crippen molar-refractivity contribution < 1.29 is 19.2 Å². The highest BCUT2D eigenvalue weighted by Crippen LogP contribution is 2.25. The molecule has 1 aromatic carbocycles. The molecule has 8 N–H and O–H groups in total. The van der Waals surface area contributed by atoms with Crippen LogP contribution in [0.15, 0.2) is 29.3 Å². The summed E-state index contributed by atoms with van der Waals surface area (Å²) in [5.41, 5.74) is 18.2. The summed E-state index contributed by atoms with van der Waals surface area (Å²) in [4.78, 5) is 58.3. The SMILES string of the molecule is CC(=O)Nc1nc(CCc2ccc(N=C(N)N)cc2)c(C(=O)N[C@@H](CCC(=O)N(C)C)C(N)=O)s1.Cl. The number of anilines is 1. The van der Waals surface area contributed by atoms with Crippen LogP contribution in [-0.4, -0.2) is 59.6 Å².